The zero-order valence-electron chi connectivity index (χ0n) is 19.8. The first-order chi connectivity index (χ1) is 15.0. The van der Waals surface area contributed by atoms with Crippen molar-refractivity contribution < 1.29 is 14.3 Å². The molecule has 174 valence electrons. The quantitative estimate of drug-likeness (QED) is 0.498. The second-order valence-corrected chi connectivity index (χ2v) is 9.77. The van der Waals surface area contributed by atoms with Gasteiger partial charge in [0.05, 0.1) is 6.61 Å². The molecule has 5 heteroatoms. The van der Waals surface area contributed by atoms with Crippen LogP contribution in [-0.2, 0) is 9.53 Å². The molecule has 1 saturated carbocycles. The zero-order valence-corrected chi connectivity index (χ0v) is 19.8. The third-order valence-corrected chi connectivity index (χ3v) is 6.69. The van der Waals surface area contributed by atoms with E-state index < -0.39 is 5.60 Å². The fourth-order valence-corrected chi connectivity index (χ4v) is 5.05. The number of nitrogens with one attached hydrogen (secondary N) is 1. The van der Waals surface area contributed by atoms with E-state index in [-0.39, 0.29) is 5.91 Å². The maximum Gasteiger partial charge on any atom is 0.256 e. The Morgan fingerprint density at radius 3 is 2.61 bits per heavy atom. The summed E-state index contributed by atoms with van der Waals surface area (Å²) >= 11 is 0. The predicted octanol–water partition coefficient (Wildman–Crippen LogP) is 5.50. The fraction of sp³-hybridized carbons (Fsp3) is 0.731. The van der Waals surface area contributed by atoms with E-state index in [0.29, 0.717) is 12.5 Å². The van der Waals surface area contributed by atoms with E-state index in [1.54, 1.807) is 0 Å². The highest BCUT2D eigenvalue weighted by Gasteiger charge is 2.42. The molecular weight excluding hydrogens is 388 g/mol. The summed E-state index contributed by atoms with van der Waals surface area (Å²) < 4.78 is 12.1. The number of carbonyl (C=O) groups is 1. The molecule has 1 aromatic rings. The van der Waals surface area contributed by atoms with Gasteiger partial charge in [0.2, 0.25) is 0 Å². The van der Waals surface area contributed by atoms with Crippen LogP contribution in [0.25, 0.3) is 0 Å². The maximum absolute atomic E-state index is 13.1. The van der Waals surface area contributed by atoms with Crippen molar-refractivity contribution >= 4 is 11.6 Å². The van der Waals surface area contributed by atoms with E-state index >= 15 is 0 Å². The molecule has 1 heterocycles. The minimum atomic E-state index is -0.686. The van der Waals surface area contributed by atoms with Crippen LogP contribution in [0.2, 0.25) is 0 Å². The number of hydrogen-bond donors (Lipinski definition) is 1. The average Bonchev–Trinajstić information content (AvgIpc) is 2.76. The standard InChI is InChI=1S/C26H42N2O3/c1-4-17-31-26(14-5-8-21(2)19-26)25(29)27-23-10-12-24(13-11-23)30-18-7-16-28-15-6-9-22(3)20-28/h10-13,21-22H,4-9,14-20H2,1-3H3,(H,27,29)/t21-,22+,26-/m1/s1. The van der Waals surface area contributed by atoms with E-state index in [1.807, 2.05) is 24.3 Å². The fourth-order valence-electron chi connectivity index (χ4n) is 5.05. The van der Waals surface area contributed by atoms with Gasteiger partial charge in [-0.25, -0.2) is 0 Å². The van der Waals surface area contributed by atoms with Crippen LogP contribution < -0.4 is 10.1 Å². The number of ether oxygens (including phenoxy) is 2. The van der Waals surface area contributed by atoms with Gasteiger partial charge in [0.15, 0.2) is 0 Å². The highest BCUT2D eigenvalue weighted by molar-refractivity contribution is 5.97. The molecule has 2 fully saturated rings. The van der Waals surface area contributed by atoms with Crippen molar-refractivity contribution in [3.63, 3.8) is 0 Å². The second kappa shape index (κ2) is 11.9. The zero-order chi connectivity index (χ0) is 22.1. The molecule has 1 saturated heterocycles. The maximum atomic E-state index is 13.1. The second-order valence-electron chi connectivity index (χ2n) is 9.77. The van der Waals surface area contributed by atoms with Crippen molar-refractivity contribution in [1.29, 1.82) is 0 Å². The number of benzene rings is 1. The summed E-state index contributed by atoms with van der Waals surface area (Å²) in [5.41, 5.74) is 0.117. The summed E-state index contributed by atoms with van der Waals surface area (Å²) in [6.07, 6.45) is 8.47. The molecule has 3 rings (SSSR count). The summed E-state index contributed by atoms with van der Waals surface area (Å²) in [7, 11) is 0. The third-order valence-electron chi connectivity index (χ3n) is 6.69. The van der Waals surface area contributed by atoms with Crippen molar-refractivity contribution in [3.05, 3.63) is 24.3 Å². The van der Waals surface area contributed by atoms with Crippen molar-refractivity contribution in [2.24, 2.45) is 11.8 Å². The summed E-state index contributed by atoms with van der Waals surface area (Å²) in [4.78, 5) is 15.7. The topological polar surface area (TPSA) is 50.8 Å². The Hall–Kier alpha value is -1.59. The van der Waals surface area contributed by atoms with Crippen LogP contribution in [0.5, 0.6) is 5.75 Å². The molecule has 5 nitrogen and oxygen atoms in total. The van der Waals surface area contributed by atoms with E-state index in [4.69, 9.17) is 9.47 Å². The summed E-state index contributed by atoms with van der Waals surface area (Å²) in [5, 5.41) is 3.10. The molecule has 1 N–H and O–H groups in total. The lowest BCUT2D eigenvalue weighted by molar-refractivity contribution is -0.148. The predicted molar refractivity (Wildman–Crippen MR) is 127 cm³/mol. The Morgan fingerprint density at radius 1 is 1.13 bits per heavy atom. The van der Waals surface area contributed by atoms with Gasteiger partial charge in [0.1, 0.15) is 11.4 Å². The van der Waals surface area contributed by atoms with E-state index in [0.717, 1.165) is 62.6 Å². The first-order valence-corrected chi connectivity index (χ1v) is 12.4. The van der Waals surface area contributed by atoms with E-state index in [1.165, 1.54) is 32.4 Å². The van der Waals surface area contributed by atoms with Gasteiger partial charge in [-0.05, 0) is 87.6 Å². The SMILES string of the molecule is CCCO[C@]1(C(=O)Nc2ccc(OCCCN3CCC[C@H](C)C3)cc2)CCC[C@@H](C)C1. The van der Waals surface area contributed by atoms with Gasteiger partial charge in [0, 0.05) is 25.4 Å². The Kier molecular flexibility index (Phi) is 9.21. The largest absolute Gasteiger partial charge is 0.494 e. The van der Waals surface area contributed by atoms with Gasteiger partial charge in [-0.15, -0.1) is 0 Å². The van der Waals surface area contributed by atoms with Crippen LogP contribution in [0.15, 0.2) is 24.3 Å². The Morgan fingerprint density at radius 2 is 1.90 bits per heavy atom. The monoisotopic (exact) mass is 430 g/mol. The lowest BCUT2D eigenvalue weighted by atomic mass is 9.78. The lowest BCUT2D eigenvalue weighted by Crippen LogP contribution is -2.48. The van der Waals surface area contributed by atoms with Gasteiger partial charge in [-0.3, -0.25) is 4.79 Å². The lowest BCUT2D eigenvalue weighted by Gasteiger charge is -2.38. The van der Waals surface area contributed by atoms with Gasteiger partial charge in [-0.2, -0.15) is 0 Å². The normalized spacial score (nSPS) is 27.1. The highest BCUT2D eigenvalue weighted by Crippen LogP contribution is 2.36. The number of carbonyl (C=O) groups excluding carboxylic acids is 1. The Balaban J connectivity index is 1.46. The Labute approximate surface area is 188 Å². The number of rotatable bonds is 10. The van der Waals surface area contributed by atoms with E-state index in [9.17, 15) is 4.79 Å². The molecule has 1 amide bonds. The first-order valence-electron chi connectivity index (χ1n) is 12.4. The molecule has 3 atom stereocenters. The van der Waals surface area contributed by atoms with Crippen LogP contribution in [0, 0.1) is 11.8 Å². The molecule has 0 radical (unpaired) electrons. The minimum absolute atomic E-state index is 0.00284. The first kappa shape index (κ1) is 24.1. The number of anilines is 1. The molecule has 1 aliphatic heterocycles. The number of likely N-dealkylation sites (tertiary alicyclic amines) is 1. The minimum Gasteiger partial charge on any atom is -0.494 e. The number of amides is 1. The molecular formula is C26H42N2O3. The molecule has 0 bridgehead atoms. The van der Waals surface area contributed by atoms with Crippen molar-refractivity contribution in [2.75, 3.05) is 38.2 Å². The van der Waals surface area contributed by atoms with Crippen molar-refractivity contribution in [1.82, 2.24) is 4.90 Å². The molecule has 2 aliphatic rings. The summed E-state index contributed by atoms with van der Waals surface area (Å²) in [5.74, 6) is 2.19. The number of piperidine rings is 1. The van der Waals surface area contributed by atoms with Crippen LogP contribution in [0.3, 0.4) is 0 Å². The molecule has 0 aromatic heterocycles. The third kappa shape index (κ3) is 7.21. The molecule has 1 aliphatic carbocycles. The number of hydrogen-bond acceptors (Lipinski definition) is 4. The van der Waals surface area contributed by atoms with Crippen molar-refractivity contribution in [3.8, 4) is 5.75 Å². The molecule has 0 spiro atoms. The van der Waals surface area contributed by atoms with Gasteiger partial charge in [0.25, 0.3) is 5.91 Å². The van der Waals surface area contributed by atoms with Gasteiger partial charge >= 0.3 is 0 Å². The highest BCUT2D eigenvalue weighted by atomic mass is 16.5. The van der Waals surface area contributed by atoms with Gasteiger partial charge < -0.3 is 19.7 Å². The number of nitrogens with zero attached hydrogens (tertiary/aromatic N) is 1. The molecule has 31 heavy (non-hydrogen) atoms. The van der Waals surface area contributed by atoms with Gasteiger partial charge in [-0.1, -0.05) is 27.2 Å². The van der Waals surface area contributed by atoms with Crippen LogP contribution >= 0.6 is 0 Å². The smallest absolute Gasteiger partial charge is 0.256 e. The van der Waals surface area contributed by atoms with E-state index in [2.05, 4.69) is 31.0 Å². The summed E-state index contributed by atoms with van der Waals surface area (Å²) in [6, 6.07) is 7.75. The van der Waals surface area contributed by atoms with Crippen molar-refractivity contribution in [2.45, 2.75) is 77.7 Å². The Bertz CT molecular complexity index is 678. The molecule has 1 aromatic carbocycles. The van der Waals surface area contributed by atoms with Crippen LogP contribution in [0.4, 0.5) is 5.69 Å². The van der Waals surface area contributed by atoms with Crippen LogP contribution in [-0.4, -0.2) is 49.3 Å². The average molecular weight is 431 g/mol. The summed E-state index contributed by atoms with van der Waals surface area (Å²) in [6.45, 7) is 11.5. The molecule has 0 unspecified atom stereocenters. The van der Waals surface area contributed by atoms with Crippen LogP contribution in [0.1, 0.15) is 72.1 Å².